The monoisotopic (exact) mass is 449 g/mol. The molecule has 0 spiro atoms. The van der Waals surface area contributed by atoms with E-state index >= 15 is 0 Å². The molecule has 0 saturated carbocycles. The van der Waals surface area contributed by atoms with Crippen LogP contribution in [0.25, 0.3) is 16.0 Å². The number of carbonyl (C=O) groups excluding carboxylic acids is 1. The molecule has 8 heteroatoms. The van der Waals surface area contributed by atoms with Crippen LogP contribution in [-0.2, 0) is 24.2 Å². The van der Waals surface area contributed by atoms with E-state index in [1.807, 2.05) is 33.7 Å². The van der Waals surface area contributed by atoms with Crippen LogP contribution < -0.4 is 5.56 Å². The molecule has 7 nitrogen and oxygen atoms in total. The molecule has 0 bridgehead atoms. The summed E-state index contributed by atoms with van der Waals surface area (Å²) >= 11 is 1.45. The zero-order valence-electron chi connectivity index (χ0n) is 18.5. The average molecular weight is 450 g/mol. The Morgan fingerprint density at radius 3 is 2.81 bits per heavy atom. The van der Waals surface area contributed by atoms with E-state index in [4.69, 9.17) is 0 Å². The van der Waals surface area contributed by atoms with Crippen LogP contribution in [0.15, 0.2) is 40.5 Å². The maximum atomic E-state index is 13.0. The van der Waals surface area contributed by atoms with Gasteiger partial charge in [-0.05, 0) is 48.8 Å². The van der Waals surface area contributed by atoms with E-state index in [0.29, 0.717) is 31.6 Å². The van der Waals surface area contributed by atoms with Gasteiger partial charge in [-0.2, -0.15) is 0 Å². The van der Waals surface area contributed by atoms with Crippen molar-refractivity contribution in [1.29, 1.82) is 0 Å². The zero-order valence-corrected chi connectivity index (χ0v) is 19.3. The van der Waals surface area contributed by atoms with Crippen LogP contribution in [0.2, 0.25) is 0 Å². The van der Waals surface area contributed by atoms with Crippen LogP contribution in [0.3, 0.4) is 0 Å². The highest BCUT2D eigenvalue weighted by atomic mass is 32.1. The molecule has 1 aromatic carbocycles. The number of hydrogen-bond donors (Lipinski definition) is 0. The number of thiophene rings is 1. The van der Waals surface area contributed by atoms with Gasteiger partial charge in [-0.1, -0.05) is 31.2 Å². The first kappa shape index (κ1) is 20.9. The summed E-state index contributed by atoms with van der Waals surface area (Å²) in [5, 5.41) is 10.7. The van der Waals surface area contributed by atoms with Gasteiger partial charge in [-0.15, -0.1) is 21.5 Å². The van der Waals surface area contributed by atoms with Gasteiger partial charge in [0.05, 0.1) is 5.52 Å². The summed E-state index contributed by atoms with van der Waals surface area (Å²) in [7, 11) is 0. The lowest BCUT2D eigenvalue weighted by molar-refractivity contribution is -0.132. The minimum Gasteiger partial charge on any atom is -0.338 e. The molecule has 4 aromatic rings. The number of amides is 1. The molecule has 0 aliphatic carbocycles. The summed E-state index contributed by atoms with van der Waals surface area (Å²) in [6.07, 6.45) is 3.57. The molecule has 1 amide bonds. The molecule has 1 aliphatic rings. The quantitative estimate of drug-likeness (QED) is 0.446. The molecule has 3 aromatic heterocycles. The Hall–Kier alpha value is -3.00. The van der Waals surface area contributed by atoms with Crippen LogP contribution >= 0.6 is 11.3 Å². The molecule has 32 heavy (non-hydrogen) atoms. The standard InChI is InChI=1S/C24H27N5O2S/c1-3-16(2)28-23(31)22-19(12-14-32-22)29-20(25-26-24(28)29)9-6-10-21(30)27-13-11-17-7-4-5-8-18(17)15-27/h4-5,7-8,12,14,16H,3,6,9-11,13,15H2,1-2H3/t16-/m1/s1. The van der Waals surface area contributed by atoms with Crippen molar-refractivity contribution in [3.63, 3.8) is 0 Å². The van der Waals surface area contributed by atoms with Gasteiger partial charge in [0, 0.05) is 32.0 Å². The average Bonchev–Trinajstić information content (AvgIpc) is 3.46. The lowest BCUT2D eigenvalue weighted by atomic mass is 9.99. The Kier molecular flexibility index (Phi) is 5.55. The van der Waals surface area contributed by atoms with Crippen LogP contribution in [0.4, 0.5) is 0 Å². The highest BCUT2D eigenvalue weighted by Crippen LogP contribution is 2.23. The number of aromatic nitrogens is 4. The van der Waals surface area contributed by atoms with Crippen LogP contribution in [0.5, 0.6) is 0 Å². The van der Waals surface area contributed by atoms with Crippen molar-refractivity contribution in [1.82, 2.24) is 24.1 Å². The third-order valence-electron chi connectivity index (χ3n) is 6.53. The molecule has 4 heterocycles. The number of hydrogen-bond acceptors (Lipinski definition) is 5. The van der Waals surface area contributed by atoms with Crippen molar-refractivity contribution in [3.05, 3.63) is 63.0 Å². The van der Waals surface area contributed by atoms with E-state index in [9.17, 15) is 9.59 Å². The smallest absolute Gasteiger partial charge is 0.273 e. The van der Waals surface area contributed by atoms with Gasteiger partial charge in [-0.3, -0.25) is 18.6 Å². The van der Waals surface area contributed by atoms with Gasteiger partial charge in [0.25, 0.3) is 5.56 Å². The predicted octanol–water partition coefficient (Wildman–Crippen LogP) is 3.98. The first-order valence-electron chi connectivity index (χ1n) is 11.3. The molecular weight excluding hydrogens is 422 g/mol. The first-order valence-corrected chi connectivity index (χ1v) is 12.2. The van der Waals surface area contributed by atoms with E-state index < -0.39 is 0 Å². The Morgan fingerprint density at radius 2 is 2.00 bits per heavy atom. The highest BCUT2D eigenvalue weighted by molar-refractivity contribution is 7.17. The summed E-state index contributed by atoms with van der Waals surface area (Å²) in [6.45, 7) is 5.57. The van der Waals surface area contributed by atoms with Gasteiger partial charge in [0.1, 0.15) is 10.5 Å². The van der Waals surface area contributed by atoms with E-state index in [-0.39, 0.29) is 17.5 Å². The number of fused-ring (bicyclic) bond motifs is 4. The number of nitrogens with zero attached hydrogens (tertiary/aromatic N) is 5. The molecule has 1 atom stereocenters. The number of rotatable bonds is 6. The first-order chi connectivity index (χ1) is 15.6. The molecule has 0 radical (unpaired) electrons. The van der Waals surface area contributed by atoms with Gasteiger partial charge in [0.15, 0.2) is 0 Å². The predicted molar refractivity (Wildman–Crippen MR) is 126 cm³/mol. The van der Waals surface area contributed by atoms with E-state index in [2.05, 4.69) is 35.3 Å². The van der Waals surface area contributed by atoms with Crippen molar-refractivity contribution in [2.24, 2.45) is 0 Å². The van der Waals surface area contributed by atoms with Gasteiger partial charge in [0.2, 0.25) is 11.7 Å². The van der Waals surface area contributed by atoms with Gasteiger partial charge in [-0.25, -0.2) is 0 Å². The molecule has 0 fully saturated rings. The Balaban J connectivity index is 1.35. The molecular formula is C24H27N5O2S. The van der Waals surface area contributed by atoms with Crippen molar-refractivity contribution in [3.8, 4) is 0 Å². The number of carbonyl (C=O) groups is 1. The Labute approximate surface area is 190 Å². The lowest BCUT2D eigenvalue weighted by Crippen LogP contribution is -2.35. The van der Waals surface area contributed by atoms with Crippen molar-refractivity contribution in [2.45, 2.75) is 58.5 Å². The van der Waals surface area contributed by atoms with E-state index in [1.165, 1.54) is 22.5 Å². The fourth-order valence-electron chi connectivity index (χ4n) is 4.55. The molecule has 0 unspecified atom stereocenters. The van der Waals surface area contributed by atoms with Crippen LogP contribution in [0.1, 0.15) is 56.1 Å². The van der Waals surface area contributed by atoms with Gasteiger partial charge >= 0.3 is 0 Å². The van der Waals surface area contributed by atoms with Crippen molar-refractivity contribution >= 4 is 33.2 Å². The lowest BCUT2D eigenvalue weighted by Gasteiger charge is -2.29. The van der Waals surface area contributed by atoms with E-state index in [0.717, 1.165) is 35.4 Å². The molecule has 5 rings (SSSR count). The second kappa shape index (κ2) is 8.50. The van der Waals surface area contributed by atoms with Crippen LogP contribution in [0, 0.1) is 0 Å². The Morgan fingerprint density at radius 1 is 1.19 bits per heavy atom. The highest BCUT2D eigenvalue weighted by Gasteiger charge is 2.22. The third kappa shape index (κ3) is 3.52. The van der Waals surface area contributed by atoms with Crippen LogP contribution in [-0.4, -0.2) is 36.5 Å². The minimum atomic E-state index is -0.00337. The fourth-order valence-corrected chi connectivity index (χ4v) is 5.37. The normalized spacial score (nSPS) is 14.8. The van der Waals surface area contributed by atoms with Crippen molar-refractivity contribution < 1.29 is 4.79 Å². The summed E-state index contributed by atoms with van der Waals surface area (Å²) in [6, 6.07) is 10.4. The largest absolute Gasteiger partial charge is 0.338 e. The maximum Gasteiger partial charge on any atom is 0.273 e. The zero-order chi connectivity index (χ0) is 22.2. The minimum absolute atomic E-state index is 0.00337. The number of aryl methyl sites for hydroxylation is 1. The maximum absolute atomic E-state index is 13.0. The second-order valence-electron chi connectivity index (χ2n) is 8.51. The van der Waals surface area contributed by atoms with Gasteiger partial charge < -0.3 is 4.90 Å². The fraction of sp³-hybridized carbons (Fsp3) is 0.417. The topological polar surface area (TPSA) is 72.5 Å². The molecule has 1 aliphatic heterocycles. The number of benzene rings is 1. The summed E-state index contributed by atoms with van der Waals surface area (Å²) in [4.78, 5) is 27.8. The Bertz CT molecular complexity index is 1350. The van der Waals surface area contributed by atoms with Crippen molar-refractivity contribution in [2.75, 3.05) is 6.54 Å². The SMILES string of the molecule is CC[C@@H](C)n1c(=O)c2sccc2n2c(CCCC(=O)N3CCc4ccccc4C3)nnc12. The summed E-state index contributed by atoms with van der Waals surface area (Å²) < 4.78 is 4.48. The second-order valence-corrected chi connectivity index (χ2v) is 9.42. The molecule has 166 valence electrons. The molecule has 0 N–H and O–H groups in total. The van der Waals surface area contributed by atoms with E-state index in [1.54, 1.807) is 4.57 Å². The molecule has 0 saturated heterocycles. The summed E-state index contributed by atoms with van der Waals surface area (Å²) in [5.74, 6) is 1.58. The summed E-state index contributed by atoms with van der Waals surface area (Å²) in [5.41, 5.74) is 3.45. The third-order valence-corrected chi connectivity index (χ3v) is 7.42.